The van der Waals surface area contributed by atoms with Gasteiger partial charge in [-0.2, -0.15) is 0 Å². The summed E-state index contributed by atoms with van der Waals surface area (Å²) in [5.41, 5.74) is 0.749. The van der Waals surface area contributed by atoms with Gasteiger partial charge in [0, 0.05) is 31.4 Å². The van der Waals surface area contributed by atoms with Gasteiger partial charge in [0.25, 0.3) is 0 Å². The van der Waals surface area contributed by atoms with E-state index in [-0.39, 0.29) is 12.2 Å². The highest BCUT2D eigenvalue weighted by molar-refractivity contribution is 5.49. The maximum Gasteiger partial charge on any atom is 0.169 e. The Morgan fingerprint density at radius 1 is 0.962 bits per heavy atom. The van der Waals surface area contributed by atoms with Gasteiger partial charge in [-0.15, -0.1) is 0 Å². The zero-order chi connectivity index (χ0) is 18.7. The van der Waals surface area contributed by atoms with Gasteiger partial charge in [0.15, 0.2) is 5.70 Å². The molecule has 26 heavy (non-hydrogen) atoms. The monoisotopic (exact) mass is 353 g/mol. The van der Waals surface area contributed by atoms with Crippen molar-refractivity contribution in [1.29, 1.82) is 0 Å². The minimum absolute atomic E-state index is 0.245. The normalized spacial score (nSPS) is 24.3. The van der Waals surface area contributed by atoms with Gasteiger partial charge in [-0.25, -0.2) is 4.85 Å². The van der Waals surface area contributed by atoms with Crippen LogP contribution in [0.3, 0.4) is 0 Å². The molecule has 4 heteroatoms. The van der Waals surface area contributed by atoms with Crippen LogP contribution in [-0.4, -0.2) is 48.2 Å². The molecule has 4 nitrogen and oxygen atoms in total. The molecule has 0 aliphatic carbocycles. The number of ether oxygens (including phenoxy) is 1. The Balaban J connectivity index is 2.04. The summed E-state index contributed by atoms with van der Waals surface area (Å²) in [5.74, 6) is 2.15. The lowest BCUT2D eigenvalue weighted by Gasteiger charge is -2.44. The van der Waals surface area contributed by atoms with E-state index in [1.165, 1.54) is 23.9 Å². The molecular weight excluding hydrogens is 322 g/mol. The predicted octanol–water partition coefficient (Wildman–Crippen LogP) is 2.64. The van der Waals surface area contributed by atoms with Crippen LogP contribution < -0.4 is 10.4 Å². The Kier molecular flexibility index (Phi) is 5.88. The van der Waals surface area contributed by atoms with Gasteiger partial charge in [-0.3, -0.25) is 0 Å². The largest absolute Gasteiger partial charge is 0.372 e. The molecule has 0 aromatic heterocycles. The molecule has 2 unspecified atom stereocenters. The van der Waals surface area contributed by atoms with Gasteiger partial charge in [-0.05, 0) is 44.7 Å². The molecule has 3 rings (SSSR count). The Morgan fingerprint density at radius 2 is 1.50 bits per heavy atom. The van der Waals surface area contributed by atoms with Gasteiger partial charge in [0.2, 0.25) is 0 Å². The quantitative estimate of drug-likeness (QED) is 0.763. The lowest BCUT2D eigenvalue weighted by atomic mass is 9.99. The van der Waals surface area contributed by atoms with Crippen LogP contribution in [0.4, 0.5) is 0 Å². The van der Waals surface area contributed by atoms with Crippen molar-refractivity contribution in [1.82, 2.24) is 9.80 Å². The molecule has 2 aliphatic rings. The third kappa shape index (κ3) is 4.22. The minimum atomic E-state index is 0.245. The summed E-state index contributed by atoms with van der Waals surface area (Å²) >= 11 is 0. The fourth-order valence-corrected chi connectivity index (χ4v) is 4.06. The first kappa shape index (κ1) is 18.8. The van der Waals surface area contributed by atoms with E-state index >= 15 is 0 Å². The molecule has 2 atom stereocenters. The molecule has 1 aromatic carbocycles. The van der Waals surface area contributed by atoms with E-state index in [1.54, 1.807) is 0 Å². The van der Waals surface area contributed by atoms with Crippen LogP contribution in [-0.2, 0) is 4.74 Å². The number of hydrogen-bond donors (Lipinski definition) is 0. The summed E-state index contributed by atoms with van der Waals surface area (Å²) in [6, 6.07) is 8.54. The average Bonchev–Trinajstić information content (AvgIpc) is 2.63. The lowest BCUT2D eigenvalue weighted by molar-refractivity contribution is -0.0563. The van der Waals surface area contributed by atoms with Crippen molar-refractivity contribution in [3.63, 3.8) is 0 Å². The first-order chi connectivity index (χ1) is 12.5. The number of benzene rings is 1. The molecule has 0 radical (unpaired) electrons. The van der Waals surface area contributed by atoms with E-state index in [4.69, 9.17) is 11.3 Å². The molecule has 1 aromatic rings. The molecule has 2 heterocycles. The Morgan fingerprint density at radius 3 is 2.04 bits per heavy atom. The van der Waals surface area contributed by atoms with Crippen LogP contribution in [0.1, 0.15) is 40.5 Å². The third-order valence-electron chi connectivity index (χ3n) is 5.53. The Bertz CT molecular complexity index is 753. The second-order valence-corrected chi connectivity index (χ2v) is 7.93. The van der Waals surface area contributed by atoms with Crippen molar-refractivity contribution < 1.29 is 4.74 Å². The van der Waals surface area contributed by atoms with Gasteiger partial charge >= 0.3 is 0 Å². The van der Waals surface area contributed by atoms with Gasteiger partial charge in [0.1, 0.15) is 5.82 Å². The van der Waals surface area contributed by atoms with E-state index in [0.29, 0.717) is 0 Å². The van der Waals surface area contributed by atoms with Crippen LogP contribution in [0.15, 0.2) is 24.3 Å². The Hall–Kier alpha value is -1.99. The van der Waals surface area contributed by atoms with Crippen molar-refractivity contribution >= 4 is 11.5 Å². The molecule has 2 fully saturated rings. The molecule has 2 saturated heterocycles. The summed E-state index contributed by atoms with van der Waals surface area (Å²) in [6.45, 7) is 19.9. The number of rotatable bonds is 2. The van der Waals surface area contributed by atoms with E-state index in [9.17, 15) is 0 Å². The first-order valence-corrected chi connectivity index (χ1v) is 9.82. The molecule has 0 amide bonds. The number of likely N-dealkylation sites (tertiary alicyclic amines) is 1. The maximum absolute atomic E-state index is 7.22. The van der Waals surface area contributed by atoms with Crippen molar-refractivity contribution in [3.05, 3.63) is 46.1 Å². The van der Waals surface area contributed by atoms with E-state index in [2.05, 4.69) is 59.7 Å². The van der Waals surface area contributed by atoms with Crippen molar-refractivity contribution in [3.8, 4) is 0 Å². The molecule has 0 spiro atoms. The van der Waals surface area contributed by atoms with Crippen LogP contribution >= 0.6 is 0 Å². The summed E-state index contributed by atoms with van der Waals surface area (Å²) < 4.78 is 5.96. The van der Waals surface area contributed by atoms with Crippen molar-refractivity contribution in [2.24, 2.45) is 5.92 Å². The summed E-state index contributed by atoms with van der Waals surface area (Å²) in [6.07, 6.45) is 2.99. The number of morpholine rings is 1. The summed E-state index contributed by atoms with van der Waals surface area (Å²) in [5, 5.41) is 2.27. The first-order valence-electron chi connectivity index (χ1n) is 9.82. The van der Waals surface area contributed by atoms with Crippen molar-refractivity contribution in [2.45, 2.75) is 52.7 Å². The molecule has 0 bridgehead atoms. The smallest absolute Gasteiger partial charge is 0.169 e. The van der Waals surface area contributed by atoms with E-state index < -0.39 is 0 Å². The second-order valence-electron chi connectivity index (χ2n) is 7.93. The zero-order valence-corrected chi connectivity index (χ0v) is 16.5. The molecule has 0 saturated carbocycles. The minimum Gasteiger partial charge on any atom is -0.372 e. The fourth-order valence-electron chi connectivity index (χ4n) is 4.06. The van der Waals surface area contributed by atoms with Crippen LogP contribution in [0.2, 0.25) is 0 Å². The molecule has 0 N–H and O–H groups in total. The average molecular weight is 354 g/mol. The predicted molar refractivity (Wildman–Crippen MR) is 106 cm³/mol. The lowest BCUT2D eigenvalue weighted by Crippen LogP contribution is -2.50. The van der Waals surface area contributed by atoms with Crippen LogP contribution in [0, 0.1) is 12.5 Å². The van der Waals surface area contributed by atoms with Crippen LogP contribution in [0.5, 0.6) is 0 Å². The number of nitrogens with zero attached hydrogens (tertiary/aromatic N) is 3. The maximum atomic E-state index is 7.22. The zero-order valence-electron chi connectivity index (χ0n) is 16.5. The van der Waals surface area contributed by atoms with Crippen molar-refractivity contribution in [2.75, 3.05) is 26.2 Å². The van der Waals surface area contributed by atoms with Gasteiger partial charge < -0.3 is 14.5 Å². The molecule has 140 valence electrons. The highest BCUT2D eigenvalue weighted by Crippen LogP contribution is 2.24. The fraction of sp³-hybridized carbons (Fsp3) is 0.591. The summed E-state index contributed by atoms with van der Waals surface area (Å²) in [4.78, 5) is 8.63. The standard InChI is InChI=1S/C22H31N3O/c1-16-10-12-24(13-11-16)22(25-14-17(2)26-18(3)15-25)21-8-6-20(7-9-21)19(4)23-5/h6-9,16-18H,10-15H2,1-4H3. The van der Waals surface area contributed by atoms with E-state index in [1.807, 2.05) is 6.92 Å². The molecule has 2 aliphatic heterocycles. The topological polar surface area (TPSA) is 20.1 Å². The molecular formula is C22H31N3O. The van der Waals surface area contributed by atoms with Gasteiger partial charge in [0.05, 0.1) is 18.8 Å². The van der Waals surface area contributed by atoms with E-state index in [0.717, 1.165) is 43.0 Å². The van der Waals surface area contributed by atoms with Crippen LogP contribution in [0.25, 0.3) is 16.4 Å². The van der Waals surface area contributed by atoms with Gasteiger partial charge in [-0.1, -0.05) is 31.2 Å². The number of piperidine rings is 1. The highest BCUT2D eigenvalue weighted by Gasteiger charge is 2.28. The number of hydrogen-bond acceptors (Lipinski definition) is 3. The SMILES string of the molecule is [C-]#[N+]C(C)=c1ccc(=C(N2CCC(C)CC2)N2CC(C)OC(C)C2)cc1. The second kappa shape index (κ2) is 8.14. The highest BCUT2D eigenvalue weighted by atomic mass is 16.5. The summed E-state index contributed by atoms with van der Waals surface area (Å²) in [7, 11) is 0. The Labute approximate surface area is 157 Å². The third-order valence-corrected chi connectivity index (χ3v) is 5.53.